The molecule has 8 heteroatoms. The highest BCUT2D eigenvalue weighted by Gasteiger charge is 2.32. The van der Waals surface area contributed by atoms with Crippen molar-refractivity contribution in [2.75, 3.05) is 6.54 Å². The Bertz CT molecular complexity index is 713. The Balaban J connectivity index is 1.91. The van der Waals surface area contributed by atoms with Gasteiger partial charge in [-0.3, -0.25) is 14.5 Å². The number of hydrogen-bond donors (Lipinski definition) is 2. The third-order valence-electron chi connectivity index (χ3n) is 3.98. The number of carbonyl (C=O) groups excluding carboxylic acids is 1. The molecule has 0 saturated carbocycles. The zero-order chi connectivity index (χ0) is 15.7. The number of carbonyl (C=O) groups is 1. The smallest absolute Gasteiger partial charge is 0.327 e. The van der Waals surface area contributed by atoms with Crippen LogP contribution in [0.25, 0.3) is 0 Å². The van der Waals surface area contributed by atoms with E-state index in [0.717, 1.165) is 19.3 Å². The molecule has 0 radical (unpaired) electrons. The number of aromatic amines is 2. The molecule has 3 heterocycles. The number of rotatable bonds is 3. The van der Waals surface area contributed by atoms with Crippen LogP contribution in [-0.4, -0.2) is 42.3 Å². The van der Waals surface area contributed by atoms with Crippen LogP contribution >= 0.6 is 0 Å². The lowest BCUT2D eigenvalue weighted by Crippen LogP contribution is -2.40. The van der Waals surface area contributed by atoms with Crippen LogP contribution in [0.2, 0.25) is 0 Å². The molecule has 0 spiro atoms. The molecule has 1 amide bonds. The SMILES string of the molecule is CC(C)n1nccc1C(=O)N1CCCC[C@@H]1c1n[nH]c(=O)[nH]1. The van der Waals surface area contributed by atoms with E-state index in [1.165, 1.54) is 0 Å². The van der Waals surface area contributed by atoms with Gasteiger partial charge in [-0.05, 0) is 39.2 Å². The molecule has 118 valence electrons. The van der Waals surface area contributed by atoms with Crippen molar-refractivity contribution in [1.82, 2.24) is 29.9 Å². The van der Waals surface area contributed by atoms with Gasteiger partial charge in [0.15, 0.2) is 5.82 Å². The lowest BCUT2D eigenvalue weighted by Gasteiger charge is -2.34. The lowest BCUT2D eigenvalue weighted by atomic mass is 10.0. The molecule has 22 heavy (non-hydrogen) atoms. The molecule has 1 saturated heterocycles. The molecule has 3 rings (SSSR count). The average Bonchev–Trinajstić information content (AvgIpc) is 3.15. The largest absolute Gasteiger partial charge is 0.340 e. The highest BCUT2D eigenvalue weighted by molar-refractivity contribution is 5.92. The summed E-state index contributed by atoms with van der Waals surface area (Å²) in [4.78, 5) is 28.7. The molecule has 0 unspecified atom stereocenters. The Morgan fingerprint density at radius 1 is 1.41 bits per heavy atom. The lowest BCUT2D eigenvalue weighted by molar-refractivity contribution is 0.0585. The Morgan fingerprint density at radius 2 is 2.23 bits per heavy atom. The fraction of sp³-hybridized carbons (Fsp3) is 0.571. The van der Waals surface area contributed by atoms with Crippen molar-refractivity contribution >= 4 is 5.91 Å². The van der Waals surface area contributed by atoms with Crippen LogP contribution in [0.5, 0.6) is 0 Å². The van der Waals surface area contributed by atoms with Crippen LogP contribution < -0.4 is 5.69 Å². The maximum Gasteiger partial charge on any atom is 0.340 e. The molecule has 1 aliphatic heterocycles. The number of likely N-dealkylation sites (tertiary alicyclic amines) is 1. The molecule has 2 aromatic rings. The molecule has 1 aliphatic rings. The van der Waals surface area contributed by atoms with Crippen LogP contribution in [0.15, 0.2) is 17.1 Å². The van der Waals surface area contributed by atoms with E-state index >= 15 is 0 Å². The third-order valence-corrected chi connectivity index (χ3v) is 3.98. The van der Waals surface area contributed by atoms with Gasteiger partial charge in [0.25, 0.3) is 5.91 Å². The molecule has 0 aliphatic carbocycles. The van der Waals surface area contributed by atoms with Gasteiger partial charge in [0, 0.05) is 18.8 Å². The van der Waals surface area contributed by atoms with E-state index in [1.807, 2.05) is 13.8 Å². The number of hydrogen-bond acceptors (Lipinski definition) is 4. The summed E-state index contributed by atoms with van der Waals surface area (Å²) in [5.74, 6) is 0.452. The molecule has 2 N–H and O–H groups in total. The first-order valence-electron chi connectivity index (χ1n) is 7.57. The first kappa shape index (κ1) is 14.6. The van der Waals surface area contributed by atoms with E-state index in [1.54, 1.807) is 21.8 Å². The summed E-state index contributed by atoms with van der Waals surface area (Å²) in [6.45, 7) is 4.63. The molecule has 0 bridgehead atoms. The quantitative estimate of drug-likeness (QED) is 0.891. The maximum absolute atomic E-state index is 12.9. The van der Waals surface area contributed by atoms with Crippen molar-refractivity contribution < 1.29 is 4.79 Å². The molecule has 0 aromatic carbocycles. The summed E-state index contributed by atoms with van der Waals surface area (Å²) in [7, 11) is 0. The van der Waals surface area contributed by atoms with Gasteiger partial charge in [-0.2, -0.15) is 10.2 Å². The Labute approximate surface area is 127 Å². The monoisotopic (exact) mass is 304 g/mol. The predicted molar refractivity (Wildman–Crippen MR) is 79.4 cm³/mol. The standard InChI is InChI=1S/C14H20N6O2/c1-9(2)20-11(6-7-15-20)13(21)19-8-4-3-5-10(19)12-16-14(22)18-17-12/h6-7,9-10H,3-5,8H2,1-2H3,(H2,16,17,18,22)/t10-/m1/s1. The van der Waals surface area contributed by atoms with Gasteiger partial charge in [0.2, 0.25) is 0 Å². The minimum atomic E-state index is -0.347. The fourth-order valence-corrected chi connectivity index (χ4v) is 2.94. The summed E-state index contributed by atoms with van der Waals surface area (Å²) < 4.78 is 1.72. The van der Waals surface area contributed by atoms with Gasteiger partial charge in [-0.15, -0.1) is 0 Å². The summed E-state index contributed by atoms with van der Waals surface area (Å²) in [5, 5.41) is 10.6. The second kappa shape index (κ2) is 5.78. The van der Waals surface area contributed by atoms with E-state index < -0.39 is 0 Å². The minimum Gasteiger partial charge on any atom is -0.327 e. The normalized spacial score (nSPS) is 18.9. The highest BCUT2D eigenvalue weighted by Crippen LogP contribution is 2.29. The number of nitrogens with one attached hydrogen (secondary N) is 2. The van der Waals surface area contributed by atoms with Crippen molar-refractivity contribution in [3.63, 3.8) is 0 Å². The van der Waals surface area contributed by atoms with Gasteiger partial charge in [-0.25, -0.2) is 9.89 Å². The van der Waals surface area contributed by atoms with Crippen molar-refractivity contribution in [2.24, 2.45) is 0 Å². The van der Waals surface area contributed by atoms with Crippen LogP contribution in [0, 0.1) is 0 Å². The van der Waals surface area contributed by atoms with Crippen LogP contribution in [0.3, 0.4) is 0 Å². The summed E-state index contributed by atoms with van der Waals surface area (Å²) in [6, 6.07) is 1.65. The average molecular weight is 304 g/mol. The van der Waals surface area contributed by atoms with E-state index in [2.05, 4.69) is 20.3 Å². The Hall–Kier alpha value is -2.38. The van der Waals surface area contributed by atoms with Gasteiger partial charge >= 0.3 is 5.69 Å². The van der Waals surface area contributed by atoms with Crippen molar-refractivity contribution in [3.05, 3.63) is 34.3 Å². The molecular weight excluding hydrogens is 284 g/mol. The van der Waals surface area contributed by atoms with Gasteiger partial charge in [0.1, 0.15) is 5.69 Å². The number of amides is 1. The van der Waals surface area contributed by atoms with Crippen molar-refractivity contribution in [1.29, 1.82) is 0 Å². The van der Waals surface area contributed by atoms with E-state index in [4.69, 9.17) is 0 Å². The van der Waals surface area contributed by atoms with Gasteiger partial charge in [-0.1, -0.05) is 0 Å². The van der Waals surface area contributed by atoms with Crippen LogP contribution in [0.1, 0.15) is 61.5 Å². The Morgan fingerprint density at radius 3 is 2.91 bits per heavy atom. The van der Waals surface area contributed by atoms with Crippen molar-refractivity contribution in [3.8, 4) is 0 Å². The molecule has 8 nitrogen and oxygen atoms in total. The van der Waals surface area contributed by atoms with E-state index in [9.17, 15) is 9.59 Å². The first-order chi connectivity index (χ1) is 10.6. The van der Waals surface area contributed by atoms with Crippen LogP contribution in [0.4, 0.5) is 0 Å². The maximum atomic E-state index is 12.9. The minimum absolute atomic E-state index is 0.0697. The fourth-order valence-electron chi connectivity index (χ4n) is 2.94. The van der Waals surface area contributed by atoms with E-state index in [-0.39, 0.29) is 23.7 Å². The van der Waals surface area contributed by atoms with Gasteiger partial charge < -0.3 is 4.90 Å². The van der Waals surface area contributed by atoms with Crippen LogP contribution in [-0.2, 0) is 0 Å². The second-order valence-corrected chi connectivity index (χ2v) is 5.83. The number of nitrogens with zero attached hydrogens (tertiary/aromatic N) is 4. The highest BCUT2D eigenvalue weighted by atomic mass is 16.2. The second-order valence-electron chi connectivity index (χ2n) is 5.83. The Kier molecular flexibility index (Phi) is 3.82. The van der Waals surface area contributed by atoms with Gasteiger partial charge in [0.05, 0.1) is 6.04 Å². The van der Waals surface area contributed by atoms with E-state index in [0.29, 0.717) is 18.1 Å². The summed E-state index contributed by atoms with van der Waals surface area (Å²) in [5.41, 5.74) is 0.222. The zero-order valence-electron chi connectivity index (χ0n) is 12.7. The first-order valence-corrected chi connectivity index (χ1v) is 7.57. The predicted octanol–water partition coefficient (Wildman–Crippen LogP) is 1.24. The molecule has 2 aromatic heterocycles. The van der Waals surface area contributed by atoms with Crippen molar-refractivity contribution in [2.45, 2.75) is 45.2 Å². The molecular formula is C14H20N6O2. The topological polar surface area (TPSA) is 99.7 Å². The molecule has 1 fully saturated rings. The number of aromatic nitrogens is 5. The summed E-state index contributed by atoms with van der Waals surface area (Å²) in [6.07, 6.45) is 4.39. The summed E-state index contributed by atoms with van der Waals surface area (Å²) >= 11 is 0. The third kappa shape index (κ3) is 2.56. The number of piperidine rings is 1. The molecule has 1 atom stereocenters. The number of H-pyrrole nitrogens is 2. The zero-order valence-corrected chi connectivity index (χ0v) is 12.7.